The summed E-state index contributed by atoms with van der Waals surface area (Å²) in [6.07, 6.45) is 5.58. The molecule has 1 unspecified atom stereocenters. The van der Waals surface area contributed by atoms with Crippen molar-refractivity contribution >= 4 is 5.97 Å². The van der Waals surface area contributed by atoms with Crippen LogP contribution in [0, 0.1) is 0 Å². The minimum atomic E-state index is -0.108. The lowest BCUT2D eigenvalue weighted by atomic mass is 9.95. The lowest BCUT2D eigenvalue weighted by molar-refractivity contribution is -0.143. The normalized spacial score (nSPS) is 20.1. The van der Waals surface area contributed by atoms with E-state index in [-0.39, 0.29) is 17.6 Å². The summed E-state index contributed by atoms with van der Waals surface area (Å²) in [6, 6.07) is 0.182. The molecule has 4 nitrogen and oxygen atoms in total. The Morgan fingerprint density at radius 1 is 1.39 bits per heavy atom. The number of likely N-dealkylation sites (N-methyl/N-ethyl adjacent to an activating group) is 1. The number of nitrogens with one attached hydrogen (secondary N) is 1. The molecule has 1 aliphatic rings. The summed E-state index contributed by atoms with van der Waals surface area (Å²) in [6.45, 7) is 5.32. The first-order valence-electron chi connectivity index (χ1n) is 7.06. The van der Waals surface area contributed by atoms with Gasteiger partial charge in [0.15, 0.2) is 0 Å². The first kappa shape index (κ1) is 15.4. The van der Waals surface area contributed by atoms with Crippen LogP contribution in [0.25, 0.3) is 0 Å². The van der Waals surface area contributed by atoms with E-state index in [1.165, 1.54) is 25.7 Å². The average molecular weight is 256 g/mol. The quantitative estimate of drug-likeness (QED) is 0.705. The van der Waals surface area contributed by atoms with E-state index in [2.05, 4.69) is 31.2 Å². The van der Waals surface area contributed by atoms with E-state index in [9.17, 15) is 4.79 Å². The Morgan fingerprint density at radius 3 is 2.50 bits per heavy atom. The molecule has 0 spiro atoms. The smallest absolute Gasteiger partial charge is 0.307 e. The van der Waals surface area contributed by atoms with Crippen LogP contribution in [0.5, 0.6) is 0 Å². The molecule has 1 rings (SSSR count). The molecule has 0 heterocycles. The third-order valence-corrected chi connectivity index (χ3v) is 4.04. The average Bonchev–Trinajstić information content (AvgIpc) is 2.76. The highest BCUT2D eigenvalue weighted by molar-refractivity contribution is 5.69. The summed E-state index contributed by atoms with van der Waals surface area (Å²) in [4.78, 5) is 13.7. The molecule has 0 radical (unpaired) electrons. The maximum absolute atomic E-state index is 11.4. The predicted molar refractivity (Wildman–Crippen MR) is 73.6 cm³/mol. The van der Waals surface area contributed by atoms with Gasteiger partial charge in [0.05, 0.1) is 13.0 Å². The van der Waals surface area contributed by atoms with Gasteiger partial charge in [-0.05, 0) is 40.8 Å². The molecule has 0 aromatic rings. The first-order valence-corrected chi connectivity index (χ1v) is 7.06. The van der Waals surface area contributed by atoms with Crippen molar-refractivity contribution < 1.29 is 9.53 Å². The molecule has 1 saturated carbocycles. The molecular formula is C14H28N2O2. The predicted octanol–water partition coefficient (Wildman–Crippen LogP) is 1.79. The van der Waals surface area contributed by atoms with E-state index >= 15 is 0 Å². The molecule has 0 aliphatic heterocycles. The van der Waals surface area contributed by atoms with Crippen LogP contribution in [-0.2, 0) is 9.53 Å². The van der Waals surface area contributed by atoms with Crippen LogP contribution in [-0.4, -0.2) is 49.7 Å². The molecule has 0 aromatic carbocycles. The summed E-state index contributed by atoms with van der Waals surface area (Å²) in [5.41, 5.74) is 0.281. The third-order valence-electron chi connectivity index (χ3n) is 4.04. The lowest BCUT2D eigenvalue weighted by Crippen LogP contribution is -2.51. The van der Waals surface area contributed by atoms with Crippen molar-refractivity contribution in [2.24, 2.45) is 0 Å². The van der Waals surface area contributed by atoms with Crippen LogP contribution in [0.2, 0.25) is 0 Å². The molecule has 18 heavy (non-hydrogen) atoms. The van der Waals surface area contributed by atoms with Crippen molar-refractivity contribution in [1.29, 1.82) is 0 Å². The summed E-state index contributed by atoms with van der Waals surface area (Å²) in [7, 11) is 4.31. The van der Waals surface area contributed by atoms with Crippen molar-refractivity contribution in [3.63, 3.8) is 0 Å². The zero-order valence-corrected chi connectivity index (χ0v) is 12.3. The molecule has 0 amide bonds. The Balaban J connectivity index is 2.36. The van der Waals surface area contributed by atoms with E-state index in [1.54, 1.807) is 0 Å². The standard InChI is InChI=1S/C14H28N2O2/c1-5-18-13(17)10-12(2)15-11-14(16(3)4)8-6-7-9-14/h12,15H,5-11H2,1-4H3. The highest BCUT2D eigenvalue weighted by Gasteiger charge is 2.35. The van der Waals surface area contributed by atoms with Gasteiger partial charge in [0.1, 0.15) is 0 Å². The summed E-state index contributed by atoms with van der Waals surface area (Å²) in [5, 5.41) is 3.49. The van der Waals surface area contributed by atoms with E-state index in [4.69, 9.17) is 4.74 Å². The number of nitrogens with zero attached hydrogens (tertiary/aromatic N) is 1. The van der Waals surface area contributed by atoms with E-state index < -0.39 is 0 Å². The van der Waals surface area contributed by atoms with E-state index in [0.29, 0.717) is 13.0 Å². The van der Waals surface area contributed by atoms with Gasteiger partial charge in [-0.1, -0.05) is 12.8 Å². The minimum absolute atomic E-state index is 0.108. The van der Waals surface area contributed by atoms with E-state index in [1.807, 2.05) is 6.92 Å². The Morgan fingerprint density at radius 2 is 2.00 bits per heavy atom. The van der Waals surface area contributed by atoms with Crippen LogP contribution >= 0.6 is 0 Å². The van der Waals surface area contributed by atoms with Crippen molar-refractivity contribution in [3.8, 4) is 0 Å². The van der Waals surface area contributed by atoms with Gasteiger partial charge in [-0.15, -0.1) is 0 Å². The highest BCUT2D eigenvalue weighted by Crippen LogP contribution is 2.33. The van der Waals surface area contributed by atoms with Crippen LogP contribution in [0.1, 0.15) is 46.0 Å². The lowest BCUT2D eigenvalue weighted by Gasteiger charge is -2.37. The minimum Gasteiger partial charge on any atom is -0.466 e. The van der Waals surface area contributed by atoms with Crippen molar-refractivity contribution in [2.45, 2.75) is 57.5 Å². The Labute approximate surface area is 111 Å². The molecule has 0 bridgehead atoms. The molecule has 1 fully saturated rings. The monoisotopic (exact) mass is 256 g/mol. The Kier molecular flexibility index (Phi) is 6.09. The fourth-order valence-corrected chi connectivity index (χ4v) is 2.72. The zero-order chi connectivity index (χ0) is 13.6. The fourth-order valence-electron chi connectivity index (χ4n) is 2.72. The van der Waals surface area contributed by atoms with Gasteiger partial charge in [0.25, 0.3) is 0 Å². The maximum atomic E-state index is 11.4. The molecule has 1 aliphatic carbocycles. The van der Waals surface area contributed by atoms with Crippen LogP contribution in [0.4, 0.5) is 0 Å². The summed E-state index contributed by atoms with van der Waals surface area (Å²) < 4.78 is 4.97. The van der Waals surface area contributed by atoms with Gasteiger partial charge in [-0.25, -0.2) is 0 Å². The van der Waals surface area contributed by atoms with Gasteiger partial charge in [-0.3, -0.25) is 4.79 Å². The van der Waals surface area contributed by atoms with Gasteiger partial charge in [0.2, 0.25) is 0 Å². The summed E-state index contributed by atoms with van der Waals surface area (Å²) in [5.74, 6) is -0.108. The first-order chi connectivity index (χ1) is 8.50. The van der Waals surface area contributed by atoms with Gasteiger partial charge < -0.3 is 15.0 Å². The number of esters is 1. The largest absolute Gasteiger partial charge is 0.466 e. The molecule has 1 atom stereocenters. The zero-order valence-electron chi connectivity index (χ0n) is 12.3. The maximum Gasteiger partial charge on any atom is 0.307 e. The Hall–Kier alpha value is -0.610. The van der Waals surface area contributed by atoms with Crippen LogP contribution in [0.15, 0.2) is 0 Å². The molecule has 106 valence electrons. The highest BCUT2D eigenvalue weighted by atomic mass is 16.5. The van der Waals surface area contributed by atoms with E-state index in [0.717, 1.165) is 6.54 Å². The third kappa shape index (κ3) is 4.25. The van der Waals surface area contributed by atoms with Crippen LogP contribution < -0.4 is 5.32 Å². The summed E-state index contributed by atoms with van der Waals surface area (Å²) >= 11 is 0. The van der Waals surface area contributed by atoms with Crippen LogP contribution in [0.3, 0.4) is 0 Å². The molecule has 1 N–H and O–H groups in total. The molecule has 4 heteroatoms. The second kappa shape index (κ2) is 7.10. The number of hydrogen-bond acceptors (Lipinski definition) is 4. The van der Waals surface area contributed by atoms with Gasteiger partial charge >= 0.3 is 5.97 Å². The SMILES string of the molecule is CCOC(=O)CC(C)NCC1(N(C)C)CCCC1. The number of ether oxygens (including phenoxy) is 1. The number of hydrogen-bond donors (Lipinski definition) is 1. The topological polar surface area (TPSA) is 41.6 Å². The number of carbonyl (C=O) groups is 1. The number of rotatable bonds is 7. The van der Waals surface area contributed by atoms with Crippen molar-refractivity contribution in [3.05, 3.63) is 0 Å². The second-order valence-electron chi connectivity index (χ2n) is 5.62. The van der Waals surface area contributed by atoms with Crippen molar-refractivity contribution in [2.75, 3.05) is 27.2 Å². The molecule has 0 aromatic heterocycles. The number of carbonyl (C=O) groups excluding carboxylic acids is 1. The Bertz CT molecular complexity index is 261. The van der Waals surface area contributed by atoms with Crippen molar-refractivity contribution in [1.82, 2.24) is 10.2 Å². The molecular weight excluding hydrogens is 228 g/mol. The fraction of sp³-hybridized carbons (Fsp3) is 0.929. The van der Waals surface area contributed by atoms with Gasteiger partial charge in [0, 0.05) is 18.1 Å². The second-order valence-corrected chi connectivity index (χ2v) is 5.62. The molecule has 0 saturated heterocycles. The van der Waals surface area contributed by atoms with Gasteiger partial charge in [-0.2, -0.15) is 0 Å².